The third kappa shape index (κ3) is 4.20. The van der Waals surface area contributed by atoms with E-state index in [-0.39, 0.29) is 6.42 Å². The van der Waals surface area contributed by atoms with Crippen molar-refractivity contribution < 1.29 is 9.90 Å². The number of hydrogen-bond acceptors (Lipinski definition) is 3. The van der Waals surface area contributed by atoms with Gasteiger partial charge < -0.3 is 9.90 Å². The molecule has 1 aromatic carbocycles. The van der Waals surface area contributed by atoms with Gasteiger partial charge in [-0.05, 0) is 30.7 Å². The summed E-state index contributed by atoms with van der Waals surface area (Å²) in [6.07, 6.45) is 0.0767. The first kappa shape index (κ1) is 10.4. The third-order valence-electron chi connectivity index (χ3n) is 1.39. The molecule has 0 fully saturated rings. The molecule has 0 aliphatic heterocycles. The Morgan fingerprint density at radius 3 is 2.54 bits per heavy atom. The largest absolute Gasteiger partial charge is 0.550 e. The first-order valence-corrected chi connectivity index (χ1v) is 5.13. The van der Waals surface area contributed by atoms with E-state index in [1.165, 1.54) is 11.8 Å². The van der Waals surface area contributed by atoms with Gasteiger partial charge in [0.2, 0.25) is 0 Å². The first-order valence-electron chi connectivity index (χ1n) is 3.76. The molecule has 1 aromatic rings. The molecular formula is C9H8ClO2S-. The molecule has 1 rings (SSSR count). The van der Waals surface area contributed by atoms with Crippen LogP contribution in [0.4, 0.5) is 0 Å². The van der Waals surface area contributed by atoms with Gasteiger partial charge in [-0.1, -0.05) is 11.6 Å². The van der Waals surface area contributed by atoms with Crippen LogP contribution in [0.1, 0.15) is 6.42 Å². The van der Waals surface area contributed by atoms with Gasteiger partial charge in [0.15, 0.2) is 0 Å². The molecule has 0 radical (unpaired) electrons. The minimum absolute atomic E-state index is 0.0767. The highest BCUT2D eigenvalue weighted by Crippen LogP contribution is 2.20. The standard InChI is InChI=1S/C9H9ClO2S/c10-7-1-3-8(4-2-7)13-6-5-9(11)12/h1-4H,5-6H2,(H,11,12)/p-1. The highest BCUT2D eigenvalue weighted by atomic mass is 35.5. The molecule has 0 aliphatic rings. The van der Waals surface area contributed by atoms with E-state index in [1.54, 1.807) is 12.1 Å². The molecule has 4 heteroatoms. The van der Waals surface area contributed by atoms with Crippen molar-refractivity contribution in [2.24, 2.45) is 0 Å². The van der Waals surface area contributed by atoms with Crippen LogP contribution in [0, 0.1) is 0 Å². The zero-order chi connectivity index (χ0) is 9.68. The van der Waals surface area contributed by atoms with E-state index in [4.69, 9.17) is 11.6 Å². The smallest absolute Gasteiger partial charge is 0.0422 e. The number of carboxylic acids is 1. The van der Waals surface area contributed by atoms with Gasteiger partial charge in [-0.15, -0.1) is 11.8 Å². The number of rotatable bonds is 4. The molecule has 2 nitrogen and oxygen atoms in total. The molecule has 0 heterocycles. The third-order valence-corrected chi connectivity index (χ3v) is 2.65. The fourth-order valence-electron chi connectivity index (χ4n) is 0.783. The summed E-state index contributed by atoms with van der Waals surface area (Å²) in [4.78, 5) is 11.1. The normalized spacial score (nSPS) is 9.92. The van der Waals surface area contributed by atoms with Gasteiger partial charge in [0.05, 0.1) is 0 Å². The summed E-state index contributed by atoms with van der Waals surface area (Å²) in [7, 11) is 0. The molecule has 70 valence electrons. The zero-order valence-corrected chi connectivity index (χ0v) is 8.40. The van der Waals surface area contributed by atoms with E-state index in [9.17, 15) is 9.90 Å². The molecule has 0 saturated carbocycles. The summed E-state index contributed by atoms with van der Waals surface area (Å²) < 4.78 is 0. The van der Waals surface area contributed by atoms with Crippen LogP contribution in [-0.4, -0.2) is 11.7 Å². The maximum Gasteiger partial charge on any atom is 0.0422 e. The van der Waals surface area contributed by atoms with Gasteiger partial charge >= 0.3 is 0 Å². The summed E-state index contributed by atoms with van der Waals surface area (Å²) in [6, 6.07) is 7.29. The van der Waals surface area contributed by atoms with Gasteiger partial charge in [-0.25, -0.2) is 0 Å². The monoisotopic (exact) mass is 215 g/mol. The number of aliphatic carboxylic acids is 1. The molecule has 0 N–H and O–H groups in total. The second kappa shape index (κ2) is 5.14. The van der Waals surface area contributed by atoms with E-state index in [1.807, 2.05) is 12.1 Å². The number of hydrogen-bond donors (Lipinski definition) is 0. The Morgan fingerprint density at radius 1 is 1.38 bits per heavy atom. The molecule has 0 bridgehead atoms. The van der Waals surface area contributed by atoms with Crippen LogP contribution in [0.25, 0.3) is 0 Å². The Kier molecular flexibility index (Phi) is 4.12. The number of carbonyl (C=O) groups excluding carboxylic acids is 1. The van der Waals surface area contributed by atoms with E-state index < -0.39 is 5.97 Å². The highest BCUT2D eigenvalue weighted by Gasteiger charge is 1.94. The van der Waals surface area contributed by atoms with Gasteiger partial charge in [0.25, 0.3) is 0 Å². The van der Waals surface area contributed by atoms with Crippen LogP contribution in [0.15, 0.2) is 29.2 Å². The fraction of sp³-hybridized carbons (Fsp3) is 0.222. The van der Waals surface area contributed by atoms with Gasteiger partial charge in [-0.2, -0.15) is 0 Å². The fourth-order valence-corrected chi connectivity index (χ4v) is 1.74. The Hall–Kier alpha value is -0.670. The maximum atomic E-state index is 10.1. The minimum Gasteiger partial charge on any atom is -0.550 e. The Balaban J connectivity index is 2.37. The second-order valence-corrected chi connectivity index (χ2v) is 4.03. The summed E-state index contributed by atoms with van der Waals surface area (Å²) in [5.41, 5.74) is 0. The second-order valence-electron chi connectivity index (χ2n) is 2.42. The lowest BCUT2D eigenvalue weighted by molar-refractivity contribution is -0.305. The van der Waals surface area contributed by atoms with Crippen LogP contribution >= 0.6 is 23.4 Å². The molecule has 0 spiro atoms. The minimum atomic E-state index is -1.01. The van der Waals surface area contributed by atoms with Crippen molar-refractivity contribution in [3.8, 4) is 0 Å². The predicted octanol–water partition coefficient (Wildman–Crippen LogP) is 1.57. The maximum absolute atomic E-state index is 10.1. The average Bonchev–Trinajstić information content (AvgIpc) is 2.08. The van der Waals surface area contributed by atoms with Crippen LogP contribution < -0.4 is 5.11 Å². The predicted molar refractivity (Wildman–Crippen MR) is 51.8 cm³/mol. The molecule has 0 atom stereocenters. The summed E-state index contributed by atoms with van der Waals surface area (Å²) in [5, 5.41) is 10.8. The van der Waals surface area contributed by atoms with Crippen LogP contribution in [0.3, 0.4) is 0 Å². The number of carboxylic acid groups (broad SMARTS) is 1. The molecule has 0 aliphatic carbocycles. The molecule has 13 heavy (non-hydrogen) atoms. The van der Waals surface area contributed by atoms with Crippen molar-refractivity contribution in [1.29, 1.82) is 0 Å². The van der Waals surface area contributed by atoms with Crippen molar-refractivity contribution >= 4 is 29.3 Å². The van der Waals surface area contributed by atoms with Crippen LogP contribution in [0.2, 0.25) is 5.02 Å². The van der Waals surface area contributed by atoms with Gasteiger partial charge in [0, 0.05) is 21.6 Å². The Morgan fingerprint density at radius 2 is 2.00 bits per heavy atom. The summed E-state index contributed by atoms with van der Waals surface area (Å²) >= 11 is 7.16. The number of carbonyl (C=O) groups is 1. The van der Waals surface area contributed by atoms with Crippen molar-refractivity contribution in [2.75, 3.05) is 5.75 Å². The lowest BCUT2D eigenvalue weighted by atomic mass is 10.4. The van der Waals surface area contributed by atoms with E-state index >= 15 is 0 Å². The highest BCUT2D eigenvalue weighted by molar-refractivity contribution is 7.99. The topological polar surface area (TPSA) is 40.1 Å². The number of benzene rings is 1. The van der Waals surface area contributed by atoms with Crippen LogP contribution in [-0.2, 0) is 4.79 Å². The molecule has 0 aromatic heterocycles. The average molecular weight is 216 g/mol. The van der Waals surface area contributed by atoms with Crippen molar-refractivity contribution in [3.63, 3.8) is 0 Å². The van der Waals surface area contributed by atoms with Crippen molar-refractivity contribution in [3.05, 3.63) is 29.3 Å². The Bertz CT molecular complexity index is 284. The van der Waals surface area contributed by atoms with Crippen LogP contribution in [0.5, 0.6) is 0 Å². The van der Waals surface area contributed by atoms with E-state index in [0.29, 0.717) is 10.8 Å². The quantitative estimate of drug-likeness (QED) is 0.716. The first-order chi connectivity index (χ1) is 6.18. The molecule has 0 amide bonds. The number of thioether (sulfide) groups is 1. The summed E-state index contributed by atoms with van der Waals surface area (Å²) in [6.45, 7) is 0. The van der Waals surface area contributed by atoms with E-state index in [0.717, 1.165) is 4.90 Å². The molecular weight excluding hydrogens is 208 g/mol. The zero-order valence-electron chi connectivity index (χ0n) is 6.83. The summed E-state index contributed by atoms with van der Waals surface area (Å²) in [5.74, 6) is -0.481. The Labute approximate surface area is 85.9 Å². The van der Waals surface area contributed by atoms with Gasteiger partial charge in [0.1, 0.15) is 0 Å². The lowest BCUT2D eigenvalue weighted by Crippen LogP contribution is -2.22. The van der Waals surface area contributed by atoms with Crippen molar-refractivity contribution in [1.82, 2.24) is 0 Å². The van der Waals surface area contributed by atoms with E-state index in [2.05, 4.69) is 0 Å². The van der Waals surface area contributed by atoms with Gasteiger partial charge in [-0.3, -0.25) is 0 Å². The molecule has 0 saturated heterocycles. The van der Waals surface area contributed by atoms with Crippen molar-refractivity contribution in [2.45, 2.75) is 11.3 Å². The SMILES string of the molecule is O=C([O-])CCSc1ccc(Cl)cc1. The molecule has 0 unspecified atom stereocenters. The lowest BCUT2D eigenvalue weighted by Gasteiger charge is -2.02. The number of halogens is 1.